The maximum Gasteiger partial charge on any atom is 0.314 e. The summed E-state index contributed by atoms with van der Waals surface area (Å²) in [5, 5.41) is 42.3. The van der Waals surface area contributed by atoms with Crippen LogP contribution in [0.3, 0.4) is 0 Å². The van der Waals surface area contributed by atoms with Gasteiger partial charge in [0.05, 0.1) is 6.10 Å². The van der Waals surface area contributed by atoms with Crippen molar-refractivity contribution in [1.29, 1.82) is 0 Å². The van der Waals surface area contributed by atoms with Gasteiger partial charge in [-0.05, 0) is 24.6 Å². The van der Waals surface area contributed by atoms with E-state index in [1.807, 2.05) is 0 Å². The van der Waals surface area contributed by atoms with Crippen LogP contribution in [-0.2, 0) is 9.59 Å². The highest BCUT2D eigenvalue weighted by atomic mass is 16.4. The van der Waals surface area contributed by atoms with Gasteiger partial charge in [-0.15, -0.1) is 0 Å². The van der Waals surface area contributed by atoms with Crippen LogP contribution in [0.25, 0.3) is 0 Å². The molecule has 100 valence electrons. The topological polar surface area (TPSA) is 135 Å². The summed E-state index contributed by atoms with van der Waals surface area (Å²) in [6.45, 7) is 1.59. The highest BCUT2D eigenvalue weighted by Gasteiger charge is 2.04. The maximum absolute atomic E-state index is 9.43. The molecule has 0 aliphatic heterocycles. The Balaban J connectivity index is 0.000000360. The van der Waals surface area contributed by atoms with E-state index in [1.54, 1.807) is 13.0 Å². The molecule has 1 atom stereocenters. The maximum atomic E-state index is 9.43. The Bertz CT molecular complexity index is 413. The third kappa shape index (κ3) is 6.33. The van der Waals surface area contributed by atoms with Crippen LogP contribution in [0.2, 0.25) is 0 Å². The second-order valence-electron chi connectivity index (χ2n) is 3.39. The highest BCUT2D eigenvalue weighted by Crippen LogP contribution is 2.27. The summed E-state index contributed by atoms with van der Waals surface area (Å²) >= 11 is 0. The van der Waals surface area contributed by atoms with Crippen molar-refractivity contribution in [2.24, 2.45) is 0 Å². The molecule has 5 N–H and O–H groups in total. The Kier molecular flexibility index (Phi) is 6.22. The van der Waals surface area contributed by atoms with Crippen molar-refractivity contribution in [2.75, 3.05) is 0 Å². The minimum atomic E-state index is -1.31. The standard InChI is InChI=1S/C8H10O3.C3H4O4/c1-5(9)6-2-3-7(10)8(11)4-6;4-2(5)1-3(6)7/h2-5,9-11H,1H3;1H2,(H,4,5)(H,6,7). The molecule has 7 nitrogen and oxygen atoms in total. The van der Waals surface area contributed by atoms with Crippen LogP contribution in [0.15, 0.2) is 18.2 Å². The molecule has 0 radical (unpaired) electrons. The first-order valence-corrected chi connectivity index (χ1v) is 4.87. The molecule has 0 fully saturated rings. The molecule has 0 aromatic heterocycles. The van der Waals surface area contributed by atoms with Gasteiger partial charge < -0.3 is 25.5 Å². The molecule has 1 aromatic carbocycles. The Morgan fingerprint density at radius 3 is 1.89 bits per heavy atom. The quantitative estimate of drug-likeness (QED) is 0.397. The third-order valence-electron chi connectivity index (χ3n) is 1.78. The molecule has 0 aliphatic carbocycles. The van der Waals surface area contributed by atoms with E-state index in [0.29, 0.717) is 5.56 Å². The first-order chi connectivity index (χ1) is 8.23. The molecule has 0 amide bonds. The molecule has 0 aliphatic rings. The second kappa shape index (κ2) is 7.13. The number of aliphatic hydroxyl groups is 1. The van der Waals surface area contributed by atoms with Crippen LogP contribution in [0.4, 0.5) is 0 Å². The number of benzene rings is 1. The van der Waals surface area contributed by atoms with Crippen LogP contribution in [0.5, 0.6) is 11.5 Å². The van der Waals surface area contributed by atoms with Gasteiger partial charge in [0.1, 0.15) is 6.42 Å². The molecule has 1 rings (SSSR count). The Hall–Kier alpha value is -2.28. The largest absolute Gasteiger partial charge is 0.504 e. The summed E-state index contributed by atoms with van der Waals surface area (Å²) in [5.41, 5.74) is 0.584. The van der Waals surface area contributed by atoms with Crippen LogP contribution >= 0.6 is 0 Å². The summed E-state index contributed by atoms with van der Waals surface area (Å²) in [6, 6.07) is 4.23. The molecule has 0 saturated heterocycles. The van der Waals surface area contributed by atoms with Gasteiger partial charge in [0.25, 0.3) is 0 Å². The minimum Gasteiger partial charge on any atom is -0.504 e. The number of aliphatic carboxylic acids is 2. The summed E-state index contributed by atoms with van der Waals surface area (Å²) < 4.78 is 0. The van der Waals surface area contributed by atoms with Crippen molar-refractivity contribution < 1.29 is 35.1 Å². The van der Waals surface area contributed by atoms with Crippen LogP contribution < -0.4 is 0 Å². The summed E-state index contributed by atoms with van der Waals surface area (Å²) in [7, 11) is 0. The fraction of sp³-hybridized carbons (Fsp3) is 0.273. The highest BCUT2D eigenvalue weighted by molar-refractivity contribution is 5.88. The summed E-state index contributed by atoms with van der Waals surface area (Å²) in [5.74, 6) is -3.00. The van der Waals surface area contributed by atoms with Gasteiger partial charge in [0, 0.05) is 0 Å². The lowest BCUT2D eigenvalue weighted by atomic mass is 10.1. The molecular formula is C11H14O7. The van der Waals surface area contributed by atoms with Crippen molar-refractivity contribution in [3.8, 4) is 11.5 Å². The lowest BCUT2D eigenvalue weighted by Gasteiger charge is -2.04. The lowest BCUT2D eigenvalue weighted by molar-refractivity contribution is -0.147. The third-order valence-corrected chi connectivity index (χ3v) is 1.78. The average Bonchev–Trinajstić information content (AvgIpc) is 2.20. The van der Waals surface area contributed by atoms with E-state index >= 15 is 0 Å². The van der Waals surface area contributed by atoms with Gasteiger partial charge in [-0.25, -0.2) is 0 Å². The molecule has 0 heterocycles. The van der Waals surface area contributed by atoms with Crippen LogP contribution in [0, 0.1) is 0 Å². The predicted octanol–water partition coefficient (Wildman–Crippen LogP) is 0.697. The van der Waals surface area contributed by atoms with E-state index < -0.39 is 24.5 Å². The van der Waals surface area contributed by atoms with Crippen molar-refractivity contribution in [1.82, 2.24) is 0 Å². The predicted molar refractivity (Wildman–Crippen MR) is 60.3 cm³/mol. The summed E-state index contributed by atoms with van der Waals surface area (Å²) in [6.07, 6.45) is -1.43. The molecule has 0 saturated carbocycles. The number of carboxylic acid groups (broad SMARTS) is 2. The number of aliphatic hydroxyl groups excluding tert-OH is 1. The minimum absolute atomic E-state index is 0.172. The number of hydrogen-bond acceptors (Lipinski definition) is 5. The van der Waals surface area contributed by atoms with Crippen molar-refractivity contribution in [2.45, 2.75) is 19.4 Å². The summed E-state index contributed by atoms with van der Waals surface area (Å²) in [4.78, 5) is 18.9. The van der Waals surface area contributed by atoms with Crippen LogP contribution in [-0.4, -0.2) is 37.5 Å². The normalized spacial score (nSPS) is 11.0. The van der Waals surface area contributed by atoms with Gasteiger partial charge >= 0.3 is 11.9 Å². The average molecular weight is 258 g/mol. The number of hydrogen-bond donors (Lipinski definition) is 5. The zero-order valence-electron chi connectivity index (χ0n) is 9.57. The number of carboxylic acids is 2. The molecule has 18 heavy (non-hydrogen) atoms. The van der Waals surface area contributed by atoms with E-state index in [4.69, 9.17) is 25.5 Å². The number of carbonyl (C=O) groups is 2. The number of rotatable bonds is 3. The first-order valence-electron chi connectivity index (χ1n) is 4.87. The van der Waals surface area contributed by atoms with Gasteiger partial charge in [-0.3, -0.25) is 9.59 Å². The fourth-order valence-electron chi connectivity index (χ4n) is 0.930. The zero-order valence-corrected chi connectivity index (χ0v) is 9.57. The van der Waals surface area contributed by atoms with Gasteiger partial charge in [0.2, 0.25) is 0 Å². The first kappa shape index (κ1) is 15.7. The van der Waals surface area contributed by atoms with Crippen molar-refractivity contribution in [3.05, 3.63) is 23.8 Å². The smallest absolute Gasteiger partial charge is 0.314 e. The number of phenols is 2. The molecule has 0 spiro atoms. The Labute approximate surface area is 103 Å². The molecular weight excluding hydrogens is 244 g/mol. The Morgan fingerprint density at radius 1 is 1.11 bits per heavy atom. The van der Waals surface area contributed by atoms with E-state index in [9.17, 15) is 9.59 Å². The zero-order chi connectivity index (χ0) is 14.3. The van der Waals surface area contributed by atoms with Crippen LogP contribution in [0.1, 0.15) is 25.0 Å². The number of phenolic OH excluding ortho intramolecular Hbond substituents is 2. The van der Waals surface area contributed by atoms with Crippen molar-refractivity contribution in [3.63, 3.8) is 0 Å². The van der Waals surface area contributed by atoms with E-state index in [-0.39, 0.29) is 11.5 Å². The SMILES string of the molecule is CC(O)c1ccc(O)c(O)c1.O=C(O)CC(=O)O. The monoisotopic (exact) mass is 258 g/mol. The van der Waals surface area contributed by atoms with Gasteiger partial charge in [-0.1, -0.05) is 6.07 Å². The fourth-order valence-corrected chi connectivity index (χ4v) is 0.930. The lowest BCUT2D eigenvalue weighted by Crippen LogP contribution is -2.03. The van der Waals surface area contributed by atoms with Crippen molar-refractivity contribution >= 4 is 11.9 Å². The second-order valence-corrected chi connectivity index (χ2v) is 3.39. The van der Waals surface area contributed by atoms with E-state index in [1.165, 1.54) is 12.1 Å². The Morgan fingerprint density at radius 2 is 1.61 bits per heavy atom. The van der Waals surface area contributed by atoms with Gasteiger partial charge in [0.15, 0.2) is 11.5 Å². The van der Waals surface area contributed by atoms with E-state index in [2.05, 4.69) is 0 Å². The molecule has 1 aromatic rings. The molecule has 0 bridgehead atoms. The number of aromatic hydroxyl groups is 2. The molecule has 1 unspecified atom stereocenters. The molecule has 7 heteroatoms. The van der Waals surface area contributed by atoms with Gasteiger partial charge in [-0.2, -0.15) is 0 Å². The van der Waals surface area contributed by atoms with E-state index in [0.717, 1.165) is 0 Å².